The first kappa shape index (κ1) is 25.2. The molecule has 3 aliphatic heterocycles. The van der Waals surface area contributed by atoms with E-state index in [1.807, 2.05) is 0 Å². The number of esters is 1. The van der Waals surface area contributed by atoms with E-state index in [4.69, 9.17) is 28.4 Å². The molecular weight excluding hydrogens is 484 g/mol. The van der Waals surface area contributed by atoms with Crippen molar-refractivity contribution in [1.29, 1.82) is 0 Å². The van der Waals surface area contributed by atoms with Crippen LogP contribution in [0.2, 0.25) is 0 Å². The van der Waals surface area contributed by atoms with E-state index in [2.05, 4.69) is 0 Å². The first-order chi connectivity index (χ1) is 17.2. The van der Waals surface area contributed by atoms with Crippen LogP contribution in [-0.2, 0) is 23.7 Å². The highest BCUT2D eigenvalue weighted by Gasteiger charge is 2.77. The Kier molecular flexibility index (Phi) is 6.59. The number of aliphatic hydroxyl groups is 5. The van der Waals surface area contributed by atoms with E-state index in [1.165, 1.54) is 31.6 Å². The third kappa shape index (κ3) is 3.92. The minimum absolute atomic E-state index is 0.0973. The van der Waals surface area contributed by atoms with Gasteiger partial charge in [-0.3, -0.25) is 0 Å². The average molecular weight is 512 g/mol. The Morgan fingerprint density at radius 1 is 1.11 bits per heavy atom. The number of rotatable bonds is 7. The van der Waals surface area contributed by atoms with Crippen molar-refractivity contribution in [3.8, 4) is 11.5 Å². The molecule has 0 spiro atoms. The molecule has 0 aromatic heterocycles. The van der Waals surface area contributed by atoms with Crippen molar-refractivity contribution >= 4 is 5.97 Å². The van der Waals surface area contributed by atoms with E-state index in [0.717, 1.165) is 0 Å². The molecule has 1 aliphatic carbocycles. The largest absolute Gasteiger partial charge is 0.504 e. The lowest BCUT2D eigenvalue weighted by molar-refractivity contribution is -0.344. The SMILES string of the molecule is COc1cc(C(=O)O[C@@H]2[C@@H]3C=CO[C@H](O[C@H]4O[C@@H](CO)[C@H](O)[C@@H](O)[C@@H]4O)[C@@H]3[C@@]3(CO)O[C@H]23)ccc1O. The number of epoxide rings is 1. The fraction of sp³-hybridized carbons (Fsp3) is 0.609. The normalized spacial score (nSPS) is 42.7. The van der Waals surface area contributed by atoms with Crippen LogP contribution in [0.3, 0.4) is 0 Å². The number of phenols is 1. The van der Waals surface area contributed by atoms with Gasteiger partial charge in [0.2, 0.25) is 6.29 Å². The van der Waals surface area contributed by atoms with Crippen LogP contribution in [0.5, 0.6) is 11.5 Å². The molecule has 13 nitrogen and oxygen atoms in total. The van der Waals surface area contributed by atoms with Crippen LogP contribution in [0, 0.1) is 11.8 Å². The molecule has 5 rings (SSSR count). The summed E-state index contributed by atoms with van der Waals surface area (Å²) in [6.07, 6.45) is -7.19. The first-order valence-electron chi connectivity index (χ1n) is 11.4. The number of benzene rings is 1. The maximum atomic E-state index is 12.9. The summed E-state index contributed by atoms with van der Waals surface area (Å²) in [5.41, 5.74) is -1.03. The summed E-state index contributed by atoms with van der Waals surface area (Å²) < 4.78 is 33.4. The van der Waals surface area contributed by atoms with Crippen LogP contribution in [0.1, 0.15) is 10.4 Å². The second kappa shape index (κ2) is 9.43. The highest BCUT2D eigenvalue weighted by molar-refractivity contribution is 5.90. The fourth-order valence-corrected chi connectivity index (χ4v) is 5.28. The topological polar surface area (TPSA) is 197 Å². The lowest BCUT2D eigenvalue weighted by atomic mass is 9.85. The molecule has 36 heavy (non-hydrogen) atoms. The van der Waals surface area contributed by atoms with E-state index in [9.17, 15) is 35.4 Å². The van der Waals surface area contributed by atoms with Crippen LogP contribution < -0.4 is 4.74 Å². The van der Waals surface area contributed by atoms with Gasteiger partial charge in [-0.2, -0.15) is 0 Å². The van der Waals surface area contributed by atoms with Crippen LogP contribution in [0.25, 0.3) is 0 Å². The molecule has 2 saturated heterocycles. The Labute approximate surface area is 205 Å². The minimum atomic E-state index is -1.66. The lowest BCUT2D eigenvalue weighted by Gasteiger charge is -2.43. The molecule has 3 fully saturated rings. The quantitative estimate of drug-likeness (QED) is 0.173. The zero-order chi connectivity index (χ0) is 25.8. The predicted octanol–water partition coefficient (Wildman–Crippen LogP) is -2.01. The molecule has 3 heterocycles. The van der Waals surface area contributed by atoms with Crippen LogP contribution in [-0.4, -0.2) is 112 Å². The predicted molar refractivity (Wildman–Crippen MR) is 114 cm³/mol. The van der Waals surface area contributed by atoms with Gasteiger partial charge < -0.3 is 59.1 Å². The third-order valence-electron chi connectivity index (χ3n) is 7.26. The summed E-state index contributed by atoms with van der Waals surface area (Å²) in [6.45, 7) is -1.07. The number of fused-ring (bicyclic) bond motifs is 3. The average Bonchev–Trinajstić information content (AvgIpc) is 3.56. The number of ether oxygens (including phenoxy) is 6. The number of hydrogen-bond donors (Lipinski definition) is 6. The zero-order valence-electron chi connectivity index (χ0n) is 19.1. The van der Waals surface area contributed by atoms with Gasteiger partial charge in [0, 0.05) is 5.92 Å². The number of aliphatic hydroxyl groups excluding tert-OH is 5. The summed E-state index contributed by atoms with van der Waals surface area (Å²) >= 11 is 0. The molecule has 0 amide bonds. The molecule has 0 radical (unpaired) electrons. The van der Waals surface area contributed by atoms with E-state index >= 15 is 0 Å². The van der Waals surface area contributed by atoms with Gasteiger partial charge in [0.05, 0.1) is 38.1 Å². The van der Waals surface area contributed by atoms with E-state index in [1.54, 1.807) is 6.08 Å². The third-order valence-corrected chi connectivity index (χ3v) is 7.26. The number of phenolic OH excluding ortho intramolecular Hbond substituents is 1. The van der Waals surface area contributed by atoms with Gasteiger partial charge in [0.25, 0.3) is 0 Å². The molecule has 0 unspecified atom stereocenters. The summed E-state index contributed by atoms with van der Waals surface area (Å²) in [4.78, 5) is 12.9. The number of hydrogen-bond acceptors (Lipinski definition) is 13. The van der Waals surface area contributed by atoms with Gasteiger partial charge in [-0.25, -0.2) is 4.79 Å². The van der Waals surface area contributed by atoms with Gasteiger partial charge in [0.15, 0.2) is 17.8 Å². The van der Waals surface area contributed by atoms with Crippen molar-refractivity contribution in [2.75, 3.05) is 20.3 Å². The van der Waals surface area contributed by atoms with Crippen LogP contribution >= 0.6 is 0 Å². The summed E-state index contributed by atoms with van der Waals surface area (Å²) in [5.74, 6) is -1.95. The number of aromatic hydroxyl groups is 1. The molecule has 6 N–H and O–H groups in total. The molecule has 4 aliphatic rings. The minimum Gasteiger partial charge on any atom is -0.504 e. The number of carbonyl (C=O) groups is 1. The molecule has 13 heteroatoms. The van der Waals surface area contributed by atoms with Gasteiger partial charge >= 0.3 is 5.97 Å². The Morgan fingerprint density at radius 2 is 1.89 bits per heavy atom. The van der Waals surface area contributed by atoms with Crippen molar-refractivity contribution in [1.82, 2.24) is 0 Å². The van der Waals surface area contributed by atoms with Crippen molar-refractivity contribution in [3.05, 3.63) is 36.1 Å². The Hall–Kier alpha value is -2.49. The van der Waals surface area contributed by atoms with Crippen molar-refractivity contribution in [3.63, 3.8) is 0 Å². The second-order valence-electron chi connectivity index (χ2n) is 9.18. The first-order valence-corrected chi connectivity index (χ1v) is 11.4. The lowest BCUT2D eigenvalue weighted by Crippen LogP contribution is -2.60. The summed E-state index contributed by atoms with van der Waals surface area (Å²) in [6, 6.07) is 4.02. The van der Waals surface area contributed by atoms with Crippen LogP contribution in [0.4, 0.5) is 0 Å². The monoisotopic (exact) mass is 512 g/mol. The van der Waals surface area contributed by atoms with Gasteiger partial charge in [-0.1, -0.05) is 0 Å². The molecule has 0 bridgehead atoms. The Morgan fingerprint density at radius 3 is 2.58 bits per heavy atom. The van der Waals surface area contributed by atoms with Gasteiger partial charge in [-0.15, -0.1) is 0 Å². The van der Waals surface area contributed by atoms with Crippen molar-refractivity contribution < 1.29 is 63.9 Å². The molecule has 1 saturated carbocycles. The molecule has 1 aromatic carbocycles. The van der Waals surface area contributed by atoms with E-state index < -0.39 is 85.8 Å². The Bertz CT molecular complexity index is 1010. The fourth-order valence-electron chi connectivity index (χ4n) is 5.28. The van der Waals surface area contributed by atoms with Gasteiger partial charge in [-0.05, 0) is 24.3 Å². The number of carbonyl (C=O) groups excluding carboxylic acids is 1. The van der Waals surface area contributed by atoms with Crippen molar-refractivity contribution in [2.45, 2.75) is 54.8 Å². The molecule has 1 aromatic rings. The second-order valence-corrected chi connectivity index (χ2v) is 9.18. The van der Waals surface area contributed by atoms with Gasteiger partial charge in [0.1, 0.15) is 42.2 Å². The smallest absolute Gasteiger partial charge is 0.338 e. The highest BCUT2D eigenvalue weighted by Crippen LogP contribution is 2.60. The molecule has 11 atom stereocenters. The number of methoxy groups -OCH3 is 1. The molecular formula is C23H28O13. The Balaban J connectivity index is 1.35. The maximum Gasteiger partial charge on any atom is 0.338 e. The van der Waals surface area contributed by atoms with E-state index in [-0.39, 0.29) is 17.1 Å². The maximum absolute atomic E-state index is 12.9. The highest BCUT2D eigenvalue weighted by atomic mass is 16.8. The summed E-state index contributed by atoms with van der Waals surface area (Å²) in [7, 11) is 1.35. The van der Waals surface area contributed by atoms with E-state index in [0.29, 0.717) is 0 Å². The summed E-state index contributed by atoms with van der Waals surface area (Å²) in [5, 5.41) is 59.8. The van der Waals surface area contributed by atoms with Crippen molar-refractivity contribution in [2.24, 2.45) is 11.8 Å². The standard InChI is InChI=1S/C23H28O13/c1-31-12-6-9(2-3-11(12)26)20(30)34-18-10-4-5-32-21(14(10)23(8-25)19(18)36-23)35-22-17(29)16(28)15(27)13(7-24)33-22/h2-6,10,13-19,21-22,24-29H,7-8H2,1H3/t10-,13+,14-,15+,16-,17+,18-,19-,21-,22-,23-/m1/s1. The zero-order valence-corrected chi connectivity index (χ0v) is 19.1. The molecule has 198 valence electrons. The van der Waals surface area contributed by atoms with Crippen LogP contribution in [0.15, 0.2) is 30.5 Å².